The molecule has 0 aromatic heterocycles. The molecule has 0 bridgehead atoms. The van der Waals surface area contributed by atoms with E-state index in [2.05, 4.69) is 23.9 Å². The first-order valence-corrected chi connectivity index (χ1v) is 9.16. The second-order valence-corrected chi connectivity index (χ2v) is 8.29. The molecule has 120 valence electrons. The zero-order valence-corrected chi connectivity index (χ0v) is 14.4. The molecule has 1 atom stereocenters. The number of hydrogen-bond donors (Lipinski definition) is 2. The molecule has 1 saturated heterocycles. The summed E-state index contributed by atoms with van der Waals surface area (Å²) in [6.07, 6.45) is 3.77. The quantitative estimate of drug-likeness (QED) is 0.755. The number of rotatable bonds is 7. The van der Waals surface area contributed by atoms with Crippen molar-refractivity contribution in [3.05, 3.63) is 0 Å². The molecule has 5 nitrogen and oxygen atoms in total. The molecule has 1 fully saturated rings. The Morgan fingerprint density at radius 1 is 1.30 bits per heavy atom. The first kappa shape index (κ1) is 17.9. The Morgan fingerprint density at radius 2 is 1.95 bits per heavy atom. The van der Waals surface area contributed by atoms with Crippen LogP contribution in [0.1, 0.15) is 60.3 Å². The van der Waals surface area contributed by atoms with Crippen LogP contribution < -0.4 is 10.0 Å². The van der Waals surface area contributed by atoms with Crippen molar-refractivity contribution in [1.29, 1.82) is 0 Å². The Bertz CT molecular complexity index is 393. The summed E-state index contributed by atoms with van der Waals surface area (Å²) in [5.74, 6) is 0. The van der Waals surface area contributed by atoms with Crippen molar-refractivity contribution in [2.75, 3.05) is 13.1 Å². The van der Waals surface area contributed by atoms with Gasteiger partial charge < -0.3 is 5.32 Å². The molecule has 6 heteroatoms. The number of hydrogen-bond acceptors (Lipinski definition) is 3. The van der Waals surface area contributed by atoms with E-state index >= 15 is 0 Å². The molecule has 1 rings (SSSR count). The highest BCUT2D eigenvalue weighted by Gasteiger charge is 2.35. The Morgan fingerprint density at radius 3 is 2.50 bits per heavy atom. The smallest absolute Gasteiger partial charge is 0.280 e. The van der Waals surface area contributed by atoms with Crippen molar-refractivity contribution >= 4 is 10.2 Å². The highest BCUT2D eigenvalue weighted by molar-refractivity contribution is 7.87. The third kappa shape index (κ3) is 5.31. The van der Waals surface area contributed by atoms with Crippen molar-refractivity contribution in [3.8, 4) is 0 Å². The maximum atomic E-state index is 12.6. The zero-order valence-electron chi connectivity index (χ0n) is 13.6. The van der Waals surface area contributed by atoms with Gasteiger partial charge in [0.1, 0.15) is 0 Å². The summed E-state index contributed by atoms with van der Waals surface area (Å²) in [6.45, 7) is 11.4. The summed E-state index contributed by atoms with van der Waals surface area (Å²) >= 11 is 0. The van der Waals surface area contributed by atoms with E-state index in [0.29, 0.717) is 12.6 Å². The van der Waals surface area contributed by atoms with Crippen LogP contribution in [0.5, 0.6) is 0 Å². The van der Waals surface area contributed by atoms with Gasteiger partial charge in [0.05, 0.1) is 0 Å². The lowest BCUT2D eigenvalue weighted by atomic mass is 10.0. The molecular weight excluding hydrogens is 274 g/mol. The fourth-order valence-electron chi connectivity index (χ4n) is 2.35. The van der Waals surface area contributed by atoms with E-state index in [1.807, 2.05) is 20.8 Å². The van der Waals surface area contributed by atoms with Crippen LogP contribution in [0, 0.1) is 0 Å². The summed E-state index contributed by atoms with van der Waals surface area (Å²) in [5, 5.41) is 3.36. The molecule has 0 radical (unpaired) electrons. The molecule has 0 aromatic rings. The second-order valence-electron chi connectivity index (χ2n) is 6.67. The van der Waals surface area contributed by atoms with Crippen LogP contribution in [0.15, 0.2) is 0 Å². The molecule has 1 aliphatic heterocycles. The summed E-state index contributed by atoms with van der Waals surface area (Å²) in [5.41, 5.74) is -0.397. The van der Waals surface area contributed by atoms with Gasteiger partial charge in [-0.25, -0.2) is 0 Å². The fourth-order valence-corrected chi connectivity index (χ4v) is 4.25. The average molecular weight is 305 g/mol. The summed E-state index contributed by atoms with van der Waals surface area (Å²) < 4.78 is 29.7. The standard InChI is InChI=1S/C14H31N3O2S/c1-6-14(4,5)16-20(18,19)17-10-8-7-9-13(17)11-15-12(2)3/h12-13,15-16H,6-11H2,1-5H3. The maximum absolute atomic E-state index is 12.6. The second kappa shape index (κ2) is 7.20. The Hall–Kier alpha value is -0.170. The molecule has 1 unspecified atom stereocenters. The van der Waals surface area contributed by atoms with Crippen LogP contribution in [0.4, 0.5) is 0 Å². The van der Waals surface area contributed by atoms with Crippen molar-refractivity contribution in [2.45, 2.75) is 77.9 Å². The SMILES string of the molecule is CCC(C)(C)NS(=O)(=O)N1CCCCC1CNC(C)C. The van der Waals surface area contributed by atoms with Crippen molar-refractivity contribution in [1.82, 2.24) is 14.3 Å². The predicted molar refractivity (Wildman–Crippen MR) is 83.9 cm³/mol. The van der Waals surface area contributed by atoms with Crippen LogP contribution >= 0.6 is 0 Å². The molecule has 20 heavy (non-hydrogen) atoms. The van der Waals surface area contributed by atoms with Crippen LogP contribution in [0.25, 0.3) is 0 Å². The third-order valence-electron chi connectivity index (χ3n) is 3.93. The van der Waals surface area contributed by atoms with Crippen LogP contribution in [0.2, 0.25) is 0 Å². The van der Waals surface area contributed by atoms with Crippen LogP contribution in [-0.2, 0) is 10.2 Å². The van der Waals surface area contributed by atoms with E-state index in [4.69, 9.17) is 0 Å². The van der Waals surface area contributed by atoms with Gasteiger partial charge in [0.25, 0.3) is 10.2 Å². The number of nitrogens with zero attached hydrogens (tertiary/aromatic N) is 1. The largest absolute Gasteiger partial charge is 0.313 e. The number of nitrogens with one attached hydrogen (secondary N) is 2. The van der Waals surface area contributed by atoms with E-state index in [1.165, 1.54) is 0 Å². The lowest BCUT2D eigenvalue weighted by Crippen LogP contribution is -2.56. The molecule has 1 heterocycles. The van der Waals surface area contributed by atoms with Gasteiger partial charge in [-0.2, -0.15) is 17.4 Å². The third-order valence-corrected chi connectivity index (χ3v) is 5.84. The van der Waals surface area contributed by atoms with Crippen LogP contribution in [0.3, 0.4) is 0 Å². The molecule has 0 aliphatic carbocycles. The Labute approximate surface area is 124 Å². The van der Waals surface area contributed by atoms with E-state index in [0.717, 1.165) is 32.2 Å². The minimum atomic E-state index is -3.41. The van der Waals surface area contributed by atoms with E-state index in [1.54, 1.807) is 4.31 Å². The lowest BCUT2D eigenvalue weighted by Gasteiger charge is -2.37. The first-order chi connectivity index (χ1) is 9.18. The topological polar surface area (TPSA) is 61.4 Å². The average Bonchev–Trinajstić information content (AvgIpc) is 2.35. The van der Waals surface area contributed by atoms with Gasteiger partial charge in [0.2, 0.25) is 0 Å². The molecular formula is C14H31N3O2S. The lowest BCUT2D eigenvalue weighted by molar-refractivity contribution is 0.235. The van der Waals surface area contributed by atoms with E-state index in [9.17, 15) is 8.42 Å². The maximum Gasteiger partial charge on any atom is 0.280 e. The first-order valence-electron chi connectivity index (χ1n) is 7.72. The molecule has 2 N–H and O–H groups in total. The van der Waals surface area contributed by atoms with E-state index < -0.39 is 15.7 Å². The predicted octanol–water partition coefficient (Wildman–Crippen LogP) is 1.86. The summed E-state index contributed by atoms with van der Waals surface area (Å²) in [7, 11) is -3.41. The zero-order chi connectivity index (χ0) is 15.4. The van der Waals surface area contributed by atoms with Gasteiger partial charge in [-0.15, -0.1) is 0 Å². The van der Waals surface area contributed by atoms with E-state index in [-0.39, 0.29) is 6.04 Å². The van der Waals surface area contributed by atoms with Crippen molar-refractivity contribution in [3.63, 3.8) is 0 Å². The molecule has 0 spiro atoms. The minimum Gasteiger partial charge on any atom is -0.313 e. The molecule has 0 amide bonds. The fraction of sp³-hybridized carbons (Fsp3) is 1.00. The molecule has 0 saturated carbocycles. The van der Waals surface area contributed by atoms with Gasteiger partial charge in [0.15, 0.2) is 0 Å². The minimum absolute atomic E-state index is 0.0660. The van der Waals surface area contributed by atoms with Crippen LogP contribution in [-0.4, -0.2) is 43.4 Å². The summed E-state index contributed by atoms with van der Waals surface area (Å²) in [4.78, 5) is 0. The van der Waals surface area contributed by atoms with Gasteiger partial charge in [-0.1, -0.05) is 27.2 Å². The van der Waals surface area contributed by atoms with Gasteiger partial charge in [0, 0.05) is 30.7 Å². The van der Waals surface area contributed by atoms with Gasteiger partial charge >= 0.3 is 0 Å². The molecule has 0 aromatic carbocycles. The highest BCUT2D eigenvalue weighted by atomic mass is 32.2. The number of piperidine rings is 1. The normalized spacial score (nSPS) is 22.4. The van der Waals surface area contributed by atoms with Gasteiger partial charge in [-0.3, -0.25) is 0 Å². The molecule has 1 aliphatic rings. The highest BCUT2D eigenvalue weighted by Crippen LogP contribution is 2.21. The summed E-state index contributed by atoms with van der Waals surface area (Å²) in [6, 6.07) is 0.442. The van der Waals surface area contributed by atoms with Crippen molar-refractivity contribution in [2.24, 2.45) is 0 Å². The Balaban J connectivity index is 2.78. The Kier molecular flexibility index (Phi) is 6.44. The van der Waals surface area contributed by atoms with Gasteiger partial charge in [-0.05, 0) is 33.1 Å². The van der Waals surface area contributed by atoms with Crippen molar-refractivity contribution < 1.29 is 8.42 Å². The monoisotopic (exact) mass is 305 g/mol.